The van der Waals surface area contributed by atoms with Crippen LogP contribution in [0.3, 0.4) is 0 Å². The van der Waals surface area contributed by atoms with Crippen molar-refractivity contribution in [3.8, 4) is 29.0 Å². The minimum Gasteiger partial charge on any atom is -0.475 e. The summed E-state index contributed by atoms with van der Waals surface area (Å²) in [6.07, 6.45) is 0. The van der Waals surface area contributed by atoms with Crippen molar-refractivity contribution in [3.63, 3.8) is 0 Å². The van der Waals surface area contributed by atoms with Crippen molar-refractivity contribution in [2.75, 3.05) is 11.5 Å². The lowest BCUT2D eigenvalue weighted by Gasteiger charge is -2.03. The molecule has 0 saturated heterocycles. The van der Waals surface area contributed by atoms with E-state index in [0.717, 1.165) is 39.5 Å². The number of aryl methyl sites for hydroxylation is 10. The highest BCUT2D eigenvalue weighted by Gasteiger charge is 2.16. The Hall–Kier alpha value is -8.51. The summed E-state index contributed by atoms with van der Waals surface area (Å²) in [7, 11) is 0. The monoisotopic (exact) mass is 1010 g/mol. The van der Waals surface area contributed by atoms with E-state index in [4.69, 9.17) is 89.8 Å². The van der Waals surface area contributed by atoms with E-state index >= 15 is 0 Å². The topological polar surface area (TPSA) is 368 Å². The molecular weight excluding hydrogens is 958 g/mol. The number of nitrogens with zero attached hydrogens (tertiary/aromatic N) is 3. The number of carbonyl (C=O) groups is 3. The van der Waals surface area contributed by atoms with Crippen LogP contribution in [-0.2, 0) is 0 Å². The quantitative estimate of drug-likeness (QED) is 0.0187. The van der Waals surface area contributed by atoms with Gasteiger partial charge in [0.15, 0.2) is 34.8 Å². The van der Waals surface area contributed by atoms with Crippen LogP contribution >= 0.6 is 23.2 Å². The number of carbonyl (C=O) groups excluding carboxylic acids is 2. The van der Waals surface area contributed by atoms with Crippen LogP contribution in [0.2, 0.25) is 10.0 Å². The Morgan fingerprint density at radius 3 is 1.49 bits per heavy atom. The predicted octanol–water partition coefficient (Wildman–Crippen LogP) is 9.65. The van der Waals surface area contributed by atoms with Crippen molar-refractivity contribution < 1.29 is 41.6 Å². The number of halogens is 2. The van der Waals surface area contributed by atoms with Crippen molar-refractivity contribution in [1.82, 2.24) is 20.6 Å². The second-order valence-corrected chi connectivity index (χ2v) is 16.4. The number of amides is 2. The number of benzene rings is 2. The van der Waals surface area contributed by atoms with Gasteiger partial charge in [-0.2, -0.15) is 10.4 Å². The number of anilines is 2. The molecule has 6 aromatic heterocycles. The van der Waals surface area contributed by atoms with Crippen molar-refractivity contribution in [2.45, 2.75) is 69.2 Å². The first-order valence-electron chi connectivity index (χ1n) is 20.9. The number of carboxylic acids is 1. The van der Waals surface area contributed by atoms with Gasteiger partial charge in [0.05, 0.1) is 5.56 Å². The number of hydrazine groups is 1. The van der Waals surface area contributed by atoms with Crippen LogP contribution in [0.4, 0.5) is 11.4 Å². The average molecular weight is 1010 g/mol. The third-order valence-electron chi connectivity index (χ3n) is 9.32. The number of H-pyrrole nitrogens is 1. The van der Waals surface area contributed by atoms with Crippen molar-refractivity contribution in [3.05, 3.63) is 162 Å². The lowest BCUT2D eigenvalue weighted by atomic mass is 10.2. The lowest BCUT2D eigenvalue weighted by Crippen LogP contribution is -2.30. The molecule has 2 amide bonds. The van der Waals surface area contributed by atoms with E-state index in [0.29, 0.717) is 73.0 Å². The first-order valence-corrected chi connectivity index (χ1v) is 21.7. The smallest absolute Gasteiger partial charge is 0.372 e. The highest BCUT2D eigenvalue weighted by Crippen LogP contribution is 2.29. The zero-order chi connectivity index (χ0) is 53.4. The van der Waals surface area contributed by atoms with Crippen molar-refractivity contribution >= 4 is 58.2 Å². The number of nitriles is 1. The molecule has 8 rings (SSSR count). The van der Waals surface area contributed by atoms with Gasteiger partial charge in [0.25, 0.3) is 11.8 Å². The number of aromatic amines is 1. The summed E-state index contributed by atoms with van der Waals surface area (Å²) in [6.45, 7) is 18.2. The van der Waals surface area contributed by atoms with Crippen LogP contribution in [0.25, 0.3) is 23.0 Å². The third-order valence-corrected chi connectivity index (χ3v) is 9.79. The zero-order valence-corrected chi connectivity index (χ0v) is 42.1. The molecule has 0 fully saturated rings. The Kier molecular flexibility index (Phi) is 20.6. The molecule has 0 atom stereocenters. The average Bonchev–Trinajstić information content (AvgIpc) is 4.17. The van der Waals surface area contributed by atoms with Gasteiger partial charge < -0.3 is 50.1 Å². The van der Waals surface area contributed by atoms with E-state index in [1.807, 2.05) is 71.2 Å². The summed E-state index contributed by atoms with van der Waals surface area (Å²) in [5.41, 5.74) is 29.8. The van der Waals surface area contributed by atoms with Gasteiger partial charge in [-0.1, -0.05) is 23.2 Å². The zero-order valence-electron chi connectivity index (χ0n) is 40.5. The molecule has 8 aromatic rings. The molecule has 0 aliphatic rings. The number of aromatic nitrogens is 3. The summed E-state index contributed by atoms with van der Waals surface area (Å²) in [5, 5.41) is 32.0. The van der Waals surface area contributed by atoms with Crippen molar-refractivity contribution in [1.29, 1.82) is 10.7 Å². The molecule has 2 aromatic carbocycles. The molecule has 0 saturated carbocycles. The van der Waals surface area contributed by atoms with E-state index in [9.17, 15) is 14.4 Å². The maximum Gasteiger partial charge on any atom is 0.372 e. The number of hydrogen-bond acceptors (Lipinski definition) is 15. The molecule has 0 radical (unpaired) electrons. The highest BCUT2D eigenvalue weighted by atomic mass is 35.5. The van der Waals surface area contributed by atoms with Crippen LogP contribution in [0.5, 0.6) is 0 Å². The van der Waals surface area contributed by atoms with E-state index in [1.165, 1.54) is 6.07 Å². The van der Waals surface area contributed by atoms with Gasteiger partial charge in [-0.25, -0.2) is 15.6 Å². The van der Waals surface area contributed by atoms with E-state index in [2.05, 4.69) is 15.2 Å². The number of nitrogens with two attached hydrogens (primary N) is 5. The van der Waals surface area contributed by atoms with Crippen molar-refractivity contribution in [2.24, 2.45) is 17.3 Å². The molecule has 0 aliphatic heterocycles. The van der Waals surface area contributed by atoms with Gasteiger partial charge >= 0.3 is 5.97 Å². The Balaban J connectivity index is 0.000000232. The first kappa shape index (κ1) is 56.8. The van der Waals surface area contributed by atoms with Crippen LogP contribution in [-0.4, -0.2) is 43.9 Å². The molecular formula is C49H55Cl2N11O9. The summed E-state index contributed by atoms with van der Waals surface area (Å²) < 4.78 is 25.6. The molecule has 0 spiro atoms. The number of carboxylic acid groups (broad SMARTS) is 1. The molecule has 0 bridgehead atoms. The molecule has 6 heterocycles. The minimum atomic E-state index is -1.01. The van der Waals surface area contributed by atoms with Crippen LogP contribution in [0.1, 0.15) is 99.6 Å². The number of nitrogens with one attached hydrogen (secondary N) is 3. The van der Waals surface area contributed by atoms with E-state index < -0.39 is 17.8 Å². The number of hydrogen-bond donors (Lipinski definition) is 9. The third kappa shape index (κ3) is 16.6. The second kappa shape index (κ2) is 25.7. The fourth-order valence-corrected chi connectivity index (χ4v) is 6.63. The highest BCUT2D eigenvalue weighted by molar-refractivity contribution is 6.31. The Labute approximate surface area is 418 Å². The number of rotatable bonds is 6. The predicted molar refractivity (Wildman–Crippen MR) is 270 cm³/mol. The molecule has 14 N–H and O–H groups in total. The summed E-state index contributed by atoms with van der Waals surface area (Å²) in [5.74, 6) is 9.68. The fraction of sp³-hybridized carbons (Fsp3) is 0.204. The molecule has 20 nitrogen and oxygen atoms in total. The van der Waals surface area contributed by atoms with Gasteiger partial charge in [-0.3, -0.25) is 25.5 Å². The maximum atomic E-state index is 11.0. The van der Waals surface area contributed by atoms with Gasteiger partial charge in [-0.15, -0.1) is 0 Å². The molecule has 71 heavy (non-hydrogen) atoms. The number of aromatic carboxylic acids is 1. The first-order chi connectivity index (χ1) is 33.3. The van der Waals surface area contributed by atoms with Crippen LogP contribution in [0.15, 0.2) is 88.8 Å². The molecule has 0 aliphatic carbocycles. The number of amidine groups is 1. The number of furan rings is 5. The minimum absolute atomic E-state index is 0.00870. The Morgan fingerprint density at radius 1 is 0.662 bits per heavy atom. The van der Waals surface area contributed by atoms with Gasteiger partial charge in [0.2, 0.25) is 11.5 Å². The van der Waals surface area contributed by atoms with Gasteiger partial charge in [0.1, 0.15) is 34.9 Å². The summed E-state index contributed by atoms with van der Waals surface area (Å²) in [6, 6.07) is 20.9. The normalized spacial score (nSPS) is 9.97. The summed E-state index contributed by atoms with van der Waals surface area (Å²) in [4.78, 5) is 36.3. The largest absolute Gasteiger partial charge is 0.475 e. The SMILES string of the molecule is Cc1cc(C)c(-c2nc(-c3cc(Cl)ccc3N)n[nH]2)o1.Cc1cc(C)c(C#N)o1.Cc1cc(C)c(C(=N)N)o1.Cc1cc(C)c(C(=O)O)o1.Cc1cc(C)c(C(N)=O)o1.NNC(=O)c1cc(Cl)ccc1N. The Bertz CT molecular complexity index is 3050. The standard InChI is InChI=1S/C14H13ClN4O.C7H8ClN3O.C7H10N2O.C7H9NO2.C7H7NO.C7H8O3/c1-7-5-8(2)20-12(7)14-17-13(18-19-14)10-6-9(15)3-4-11(10)16;8-4-1-2-6(9)5(3-4)7(12)11-10;2*1-4-3-5(2)10-6(4)7(8)9;1-5-3-6(2)9-7(5)4-8;1-4-3-5(2)10-6(4)7(8)9/h3-6H,16H2,1-2H3,(H,17,18,19);1-3H,9-10H2,(H,11,12);3H,1-2H3,(H3,8,9);3H,1-2H3,(H2,8,9);3H,1-2H3;3H,1-2H3,(H,8,9). The fourth-order valence-electron chi connectivity index (χ4n) is 6.29. The van der Waals surface area contributed by atoms with Crippen LogP contribution < -0.4 is 34.2 Å². The van der Waals surface area contributed by atoms with Crippen LogP contribution in [0, 0.1) is 86.0 Å². The number of primary amides is 1. The van der Waals surface area contributed by atoms with E-state index in [-0.39, 0.29) is 22.9 Å². The van der Waals surface area contributed by atoms with Gasteiger partial charge in [0, 0.05) is 43.7 Å². The lowest BCUT2D eigenvalue weighted by molar-refractivity contribution is 0.0659. The van der Waals surface area contributed by atoms with Gasteiger partial charge in [-0.05, 0) is 147 Å². The molecule has 374 valence electrons. The molecule has 0 unspecified atom stereocenters. The number of nitrogen functional groups attached to an aromatic ring is 4. The second-order valence-electron chi connectivity index (χ2n) is 15.5. The Morgan fingerprint density at radius 2 is 1.13 bits per heavy atom. The maximum absolute atomic E-state index is 11.0. The molecule has 22 heteroatoms. The summed E-state index contributed by atoms with van der Waals surface area (Å²) >= 11 is 11.6. The van der Waals surface area contributed by atoms with E-state index in [1.54, 1.807) is 70.2 Å².